The first-order valence-electron chi connectivity index (χ1n) is 11.2. The summed E-state index contributed by atoms with van der Waals surface area (Å²) in [6, 6.07) is 20.2. The Kier molecular flexibility index (Phi) is 7.35. The van der Waals surface area contributed by atoms with Crippen molar-refractivity contribution in [3.63, 3.8) is 0 Å². The first-order chi connectivity index (χ1) is 16.9. The van der Waals surface area contributed by atoms with Crippen LogP contribution in [0.4, 0.5) is 17.6 Å². The Balaban J connectivity index is 1.49. The Morgan fingerprint density at radius 2 is 1.23 bits per heavy atom. The summed E-state index contributed by atoms with van der Waals surface area (Å²) in [6.45, 7) is 5.49. The minimum atomic E-state index is -1.02. The summed E-state index contributed by atoms with van der Waals surface area (Å²) in [6.07, 6.45) is 2.18. The van der Waals surface area contributed by atoms with Crippen molar-refractivity contribution in [2.45, 2.75) is 19.8 Å². The zero-order valence-corrected chi connectivity index (χ0v) is 19.3. The fourth-order valence-electron chi connectivity index (χ4n) is 3.88. The summed E-state index contributed by atoms with van der Waals surface area (Å²) >= 11 is 0. The van der Waals surface area contributed by atoms with Gasteiger partial charge in [-0.1, -0.05) is 84.9 Å². The van der Waals surface area contributed by atoms with Gasteiger partial charge in [0, 0.05) is 11.1 Å². The van der Waals surface area contributed by atoms with Crippen LogP contribution in [0.15, 0.2) is 85.5 Å². The molecule has 4 rings (SSSR count). The molecule has 5 heteroatoms. The quantitative estimate of drug-likeness (QED) is 0.184. The van der Waals surface area contributed by atoms with E-state index in [2.05, 4.69) is 6.58 Å². The molecule has 0 radical (unpaired) electrons. The van der Waals surface area contributed by atoms with Crippen LogP contribution in [0.3, 0.4) is 0 Å². The van der Waals surface area contributed by atoms with Gasteiger partial charge in [0.1, 0.15) is 6.61 Å². The molecule has 0 spiro atoms. The second-order valence-corrected chi connectivity index (χ2v) is 8.30. The van der Waals surface area contributed by atoms with Crippen molar-refractivity contribution in [2.75, 3.05) is 6.61 Å². The number of hydrogen-bond donors (Lipinski definition) is 0. The summed E-state index contributed by atoms with van der Waals surface area (Å²) < 4.78 is 63.4. The van der Waals surface area contributed by atoms with Gasteiger partial charge < -0.3 is 4.74 Å². The molecule has 0 fully saturated rings. The van der Waals surface area contributed by atoms with Crippen molar-refractivity contribution in [1.82, 2.24) is 0 Å². The van der Waals surface area contributed by atoms with Gasteiger partial charge in [-0.25, -0.2) is 13.2 Å². The van der Waals surface area contributed by atoms with Crippen LogP contribution in [0.25, 0.3) is 22.3 Å². The second-order valence-electron chi connectivity index (χ2n) is 8.30. The summed E-state index contributed by atoms with van der Waals surface area (Å²) in [7, 11) is 0. The molecule has 0 aromatic heterocycles. The highest BCUT2D eigenvalue weighted by Crippen LogP contribution is 2.32. The Morgan fingerprint density at radius 3 is 1.80 bits per heavy atom. The lowest BCUT2D eigenvalue weighted by molar-refractivity contribution is 0.331. The minimum absolute atomic E-state index is 0.0846. The van der Waals surface area contributed by atoms with E-state index in [0.717, 1.165) is 11.1 Å². The van der Waals surface area contributed by atoms with Crippen molar-refractivity contribution in [3.8, 4) is 28.0 Å². The van der Waals surface area contributed by atoms with E-state index in [0.29, 0.717) is 17.5 Å². The van der Waals surface area contributed by atoms with Crippen LogP contribution in [0.2, 0.25) is 0 Å². The van der Waals surface area contributed by atoms with Gasteiger partial charge in [0.15, 0.2) is 23.2 Å². The predicted octanol–water partition coefficient (Wildman–Crippen LogP) is 8.24. The first-order valence-corrected chi connectivity index (χ1v) is 11.2. The Labute approximate surface area is 202 Å². The second kappa shape index (κ2) is 10.6. The maximum atomic E-state index is 14.9. The molecule has 0 amide bonds. The lowest BCUT2D eigenvalue weighted by atomic mass is 9.96. The third kappa shape index (κ3) is 5.29. The summed E-state index contributed by atoms with van der Waals surface area (Å²) in [5.74, 6) is -3.92. The van der Waals surface area contributed by atoms with E-state index in [1.807, 2.05) is 19.1 Å². The van der Waals surface area contributed by atoms with Gasteiger partial charge in [-0.15, -0.1) is 0 Å². The molecule has 0 N–H and O–H groups in total. The van der Waals surface area contributed by atoms with Crippen molar-refractivity contribution < 1.29 is 22.3 Å². The maximum Gasteiger partial charge on any atom is 0.200 e. The van der Waals surface area contributed by atoms with Gasteiger partial charge in [-0.3, -0.25) is 0 Å². The number of hydrogen-bond acceptors (Lipinski definition) is 1. The topological polar surface area (TPSA) is 9.23 Å². The van der Waals surface area contributed by atoms with Gasteiger partial charge >= 0.3 is 0 Å². The number of halogens is 4. The van der Waals surface area contributed by atoms with Gasteiger partial charge in [0.05, 0.1) is 0 Å². The van der Waals surface area contributed by atoms with Gasteiger partial charge in [0.2, 0.25) is 5.82 Å². The molecule has 0 aliphatic rings. The molecule has 0 unspecified atom stereocenters. The molecule has 0 saturated carbocycles. The molecule has 178 valence electrons. The molecule has 35 heavy (non-hydrogen) atoms. The molecular formula is C30H24F4O. The van der Waals surface area contributed by atoms with Crippen molar-refractivity contribution in [1.29, 1.82) is 0 Å². The molecule has 0 atom stereocenters. The lowest BCUT2D eigenvalue weighted by Crippen LogP contribution is -2.02. The SMILES string of the molecule is C=CCOc1ccc(CCc2ccc(-c3ccc(-c4ccc(C)cc4)c(F)c3F)cc2)c(F)c1F. The fraction of sp³-hybridized carbons (Fsp3) is 0.133. The van der Waals surface area contributed by atoms with Gasteiger partial charge in [-0.05, 0) is 48.1 Å². The normalized spacial score (nSPS) is 10.9. The Bertz CT molecular complexity index is 1340. The highest BCUT2D eigenvalue weighted by atomic mass is 19.2. The maximum absolute atomic E-state index is 14.9. The predicted molar refractivity (Wildman–Crippen MR) is 131 cm³/mol. The number of ether oxygens (including phenoxy) is 1. The number of rotatable bonds is 8. The molecule has 4 aromatic rings. The van der Waals surface area contributed by atoms with Crippen LogP contribution in [-0.2, 0) is 12.8 Å². The molecular weight excluding hydrogens is 452 g/mol. The Hall–Kier alpha value is -3.86. The van der Waals surface area contributed by atoms with Crippen molar-refractivity contribution in [3.05, 3.63) is 125 Å². The van der Waals surface area contributed by atoms with E-state index in [-0.39, 0.29) is 35.5 Å². The zero-order chi connectivity index (χ0) is 24.9. The van der Waals surface area contributed by atoms with E-state index in [9.17, 15) is 17.6 Å². The van der Waals surface area contributed by atoms with Crippen LogP contribution < -0.4 is 4.74 Å². The van der Waals surface area contributed by atoms with Gasteiger partial charge in [0.25, 0.3) is 0 Å². The standard InChI is InChI=1S/C30H24F4O/c1-3-18-35-26-17-14-23(27(31)30(26)34)13-8-20-6-11-22(12-7-20)25-16-15-24(28(32)29(25)33)21-9-4-19(2)5-10-21/h3-7,9-12,14-17H,1,8,13,18H2,2H3. The van der Waals surface area contributed by atoms with Gasteiger partial charge in [-0.2, -0.15) is 4.39 Å². The summed E-state index contributed by atoms with van der Waals surface area (Å²) in [5.41, 5.74) is 3.63. The van der Waals surface area contributed by atoms with Crippen molar-refractivity contribution >= 4 is 0 Å². The third-order valence-electron chi connectivity index (χ3n) is 5.88. The van der Waals surface area contributed by atoms with E-state index in [1.54, 1.807) is 48.5 Å². The van der Waals surface area contributed by atoms with E-state index in [1.165, 1.54) is 18.2 Å². The minimum Gasteiger partial charge on any atom is -0.486 e. The molecule has 0 aliphatic carbocycles. The largest absolute Gasteiger partial charge is 0.486 e. The average molecular weight is 477 g/mol. The van der Waals surface area contributed by atoms with Crippen LogP contribution in [-0.4, -0.2) is 6.61 Å². The third-order valence-corrected chi connectivity index (χ3v) is 5.88. The number of aryl methyl sites for hydroxylation is 3. The summed E-state index contributed by atoms with van der Waals surface area (Å²) in [4.78, 5) is 0. The van der Waals surface area contributed by atoms with E-state index >= 15 is 0 Å². The van der Waals surface area contributed by atoms with Crippen LogP contribution in [0, 0.1) is 30.2 Å². The van der Waals surface area contributed by atoms with E-state index < -0.39 is 23.3 Å². The van der Waals surface area contributed by atoms with Crippen LogP contribution in [0.1, 0.15) is 16.7 Å². The molecule has 4 aromatic carbocycles. The molecule has 1 nitrogen and oxygen atoms in total. The molecule has 0 aliphatic heterocycles. The van der Waals surface area contributed by atoms with E-state index in [4.69, 9.17) is 4.74 Å². The monoisotopic (exact) mass is 476 g/mol. The smallest absolute Gasteiger partial charge is 0.200 e. The summed E-state index contributed by atoms with van der Waals surface area (Å²) in [5, 5.41) is 0. The fourth-order valence-corrected chi connectivity index (χ4v) is 3.88. The lowest BCUT2D eigenvalue weighted by Gasteiger charge is -2.11. The average Bonchev–Trinajstić information content (AvgIpc) is 2.87. The highest BCUT2D eigenvalue weighted by molar-refractivity contribution is 5.72. The van der Waals surface area contributed by atoms with Crippen LogP contribution >= 0.6 is 0 Å². The molecule has 0 heterocycles. The van der Waals surface area contributed by atoms with Crippen LogP contribution in [0.5, 0.6) is 5.75 Å². The van der Waals surface area contributed by atoms with Crippen molar-refractivity contribution in [2.24, 2.45) is 0 Å². The highest BCUT2D eigenvalue weighted by Gasteiger charge is 2.17. The molecule has 0 saturated heterocycles. The number of benzene rings is 4. The molecule has 0 bridgehead atoms. The first kappa shape index (κ1) is 24.3. The Morgan fingerprint density at radius 1 is 0.657 bits per heavy atom. The zero-order valence-electron chi connectivity index (χ0n) is 19.3.